The predicted octanol–water partition coefficient (Wildman–Crippen LogP) is -6.04. The summed E-state index contributed by atoms with van der Waals surface area (Å²) in [6.45, 7) is 8.32. The van der Waals surface area contributed by atoms with Gasteiger partial charge in [-0.1, -0.05) is 18.2 Å². The van der Waals surface area contributed by atoms with Crippen LogP contribution in [0.3, 0.4) is 0 Å². The smallest absolute Gasteiger partial charge is 0.327 e. The third-order valence-corrected chi connectivity index (χ3v) is 25.5. The minimum atomic E-state index is -1.78. The number of primary amides is 1. The third-order valence-electron chi connectivity index (χ3n) is 20.7. The van der Waals surface area contributed by atoms with Gasteiger partial charge in [0.25, 0.3) is 23.6 Å². The van der Waals surface area contributed by atoms with Gasteiger partial charge in [-0.3, -0.25) is 57.5 Å². The van der Waals surface area contributed by atoms with Gasteiger partial charge in [0.2, 0.25) is 47.3 Å². The van der Waals surface area contributed by atoms with Crippen LogP contribution in [-0.2, 0) is 57.5 Å². The van der Waals surface area contributed by atoms with Gasteiger partial charge >= 0.3 is 23.9 Å². The van der Waals surface area contributed by atoms with Crippen LogP contribution in [0.2, 0.25) is 0 Å². The number of aliphatic hydroxyl groups is 3. The van der Waals surface area contributed by atoms with E-state index < -0.39 is 229 Å². The Morgan fingerprint density at radius 1 is 0.556 bits per heavy atom. The van der Waals surface area contributed by atoms with Crippen molar-refractivity contribution in [1.29, 1.82) is 0 Å². The van der Waals surface area contributed by atoms with Crippen molar-refractivity contribution in [3.63, 3.8) is 0 Å². The van der Waals surface area contributed by atoms with Crippen LogP contribution in [0.25, 0.3) is 0 Å². The van der Waals surface area contributed by atoms with Crippen molar-refractivity contribution in [3.8, 4) is 34.5 Å². The van der Waals surface area contributed by atoms with E-state index in [9.17, 15) is 107 Å². The number of aliphatic hydroxyl groups excluding tert-OH is 3. The normalized spacial score (nSPS) is 26.5. The summed E-state index contributed by atoms with van der Waals surface area (Å²) >= 11 is 4.11. The summed E-state index contributed by atoms with van der Waals surface area (Å²) in [6, 6.07) is -0.0868. The number of thioether (sulfide) groups is 3. The molecule has 7 saturated heterocycles. The Hall–Kier alpha value is -12.4. The average Bonchev–Trinajstić information content (AvgIpc) is 1.57. The zero-order valence-electron chi connectivity index (χ0n) is 70.2. The van der Waals surface area contributed by atoms with E-state index in [0.717, 1.165) is 0 Å². The molecule has 0 radical (unpaired) electrons. The molecule has 8 aliphatic rings. The number of urea groups is 1. The highest BCUT2D eigenvalue weighted by molar-refractivity contribution is 8.02. The number of nitrogens with one attached hydrogen (secondary N) is 11. The molecule has 25 N–H and O–H groups in total. The molecule has 126 heavy (non-hydrogen) atoms. The number of hydrogen-bond acceptors (Lipinski definition) is 33. The van der Waals surface area contributed by atoms with E-state index in [1.54, 1.807) is 96.1 Å². The second kappa shape index (κ2) is 42.1. The molecule has 8 heterocycles. The fraction of sp³-hybridized carbons (Fsp3) is 0.513. The summed E-state index contributed by atoms with van der Waals surface area (Å²) in [5.41, 5.74) is 22.1. The topological polar surface area (TPSA) is 708 Å². The maximum Gasteiger partial charge on any atom is 0.327 e. The minimum Gasteiger partial charge on any atom is -0.496 e. The van der Waals surface area contributed by atoms with Gasteiger partial charge in [-0.25, -0.2) is 24.2 Å². The number of fused-ring (bicyclic) bond motifs is 3. The van der Waals surface area contributed by atoms with Gasteiger partial charge in [0.05, 0.1) is 61.9 Å². The number of methoxy groups -OCH3 is 6. The van der Waals surface area contributed by atoms with Crippen molar-refractivity contribution in [2.24, 2.45) is 27.9 Å². The Morgan fingerprint density at radius 2 is 0.921 bits per heavy atom. The molecule has 8 aliphatic heterocycles. The van der Waals surface area contributed by atoms with Crippen LogP contribution in [0, 0.1) is 0 Å². The summed E-state index contributed by atoms with van der Waals surface area (Å²) in [7, 11) is 8.63. The van der Waals surface area contributed by atoms with Gasteiger partial charge < -0.3 is 155 Å². The van der Waals surface area contributed by atoms with Gasteiger partial charge in [0.1, 0.15) is 140 Å². The van der Waals surface area contributed by atoms with E-state index in [0.29, 0.717) is 60.1 Å². The molecule has 0 saturated carbocycles. The number of hydrogen-bond donors (Lipinski definition) is 21. The molecule has 688 valence electrons. The number of amides is 14. The number of carbonyl (C=O) groups is 16. The van der Waals surface area contributed by atoms with E-state index in [4.69, 9.17) is 51.4 Å². The quantitative estimate of drug-likeness (QED) is 0.0277. The summed E-state index contributed by atoms with van der Waals surface area (Å²) in [5, 5.41) is 82.9. The Labute approximate surface area is 732 Å². The van der Waals surface area contributed by atoms with Gasteiger partial charge in [-0.05, 0) is 97.3 Å². The Balaban J connectivity index is 0.000000217. The first-order valence-electron chi connectivity index (χ1n) is 38.6. The number of guanidine groups is 1. The Morgan fingerprint density at radius 3 is 1.25 bits per heavy atom. The minimum absolute atomic E-state index is 0.195. The lowest BCUT2D eigenvalue weighted by atomic mass is 9.96. The van der Waals surface area contributed by atoms with Gasteiger partial charge in [0.15, 0.2) is 5.96 Å². The van der Waals surface area contributed by atoms with Gasteiger partial charge in [-0.2, -0.15) is 0 Å². The zero-order valence-corrected chi connectivity index (χ0v) is 72.6. The lowest BCUT2D eigenvalue weighted by Gasteiger charge is -2.43. The molecular weight excluding hydrogens is 1720 g/mol. The van der Waals surface area contributed by atoms with E-state index in [-0.39, 0.29) is 35.5 Å². The molecule has 0 unspecified atom stereocenters. The molecule has 0 bridgehead atoms. The van der Waals surface area contributed by atoms with E-state index in [2.05, 4.69) is 58.2 Å². The molecule has 14 amide bonds. The van der Waals surface area contributed by atoms with Crippen LogP contribution in [0.5, 0.6) is 34.5 Å². The van der Waals surface area contributed by atoms with Gasteiger partial charge in [-0.15, -0.1) is 35.3 Å². The number of nitrogens with two attached hydrogens (primary N) is 4. The second-order valence-electron chi connectivity index (χ2n) is 30.5. The molecule has 50 heteroatoms. The molecule has 16 atom stereocenters. The first kappa shape index (κ1) is 99.1. The maximum atomic E-state index is 13.6. The standard InChI is InChI=1S/C25H43N13O10.3C17H20N2O6S/c26-3-1-2-10(27)4-16(41)32-12-6-30-23(47)18(11-5-17(42)37-24(28)36-11)38-20(44)13(7-31-25(29)48)33-21(45)14(8-39)35-22(46)15(9-40)34-19(12)43;3*1-17(2)12(16(22)23)19-14(21)11(15(19)26-17)18-13(20)10-8(24-3)6-5-7-9(10)25-4/h7,10-12,14-15,17-18,39-40,42H,1-6,8-9,26-27H2,(H,30,47)(H,32,41)(H,33,45)(H,34,43)(H,35,46)(H,38,44)(H3,28,36,37)(H3,29,31,48);3*5-7,11-12,15H,1-4H3,(H,18,20)(H,22,23)/b13-7-;;;/t10-,11+,12-,14-,15-,17-,18-;3*11-,12+,15-/m0111/s1. The zero-order chi connectivity index (χ0) is 93.6. The number of β-lactam (4-membered cyclic amide) rings is 3. The maximum absolute atomic E-state index is 13.6. The molecule has 7 fully saturated rings. The number of carboxylic acid groups (broad SMARTS) is 3. The summed E-state index contributed by atoms with van der Waals surface area (Å²) < 4.78 is 29.4. The third kappa shape index (κ3) is 22.1. The molecular formula is C76H103N19O28S3. The highest BCUT2D eigenvalue weighted by Gasteiger charge is 2.67. The highest BCUT2D eigenvalue weighted by atomic mass is 32.2. The van der Waals surface area contributed by atoms with Crippen LogP contribution in [-0.4, -0.2) is 324 Å². The van der Waals surface area contributed by atoms with Crippen molar-refractivity contribution in [2.75, 3.05) is 69.0 Å². The molecule has 3 aromatic carbocycles. The van der Waals surface area contributed by atoms with Gasteiger partial charge in [0, 0.05) is 45.9 Å². The van der Waals surface area contributed by atoms with Crippen molar-refractivity contribution >= 4 is 136 Å². The highest BCUT2D eigenvalue weighted by Crippen LogP contribution is 2.54. The Bertz CT molecular complexity index is 4400. The number of aliphatic imine (C=N–C) groups is 1. The van der Waals surface area contributed by atoms with Crippen molar-refractivity contribution in [2.45, 2.75) is 176 Å². The van der Waals surface area contributed by atoms with Crippen molar-refractivity contribution in [3.05, 3.63) is 83.2 Å². The van der Waals surface area contributed by atoms with E-state index >= 15 is 0 Å². The number of benzene rings is 3. The molecule has 11 rings (SSSR count). The van der Waals surface area contributed by atoms with Crippen LogP contribution < -0.4 is 110 Å². The number of ether oxygens (including phenoxy) is 6. The fourth-order valence-electron chi connectivity index (χ4n) is 14.7. The number of aliphatic carboxylic acids is 3. The van der Waals surface area contributed by atoms with Crippen LogP contribution in [0.1, 0.15) is 98.3 Å². The van der Waals surface area contributed by atoms with Crippen molar-refractivity contribution in [1.82, 2.24) is 73.2 Å². The summed E-state index contributed by atoms with van der Waals surface area (Å²) in [5.74, 6) is -10.6. The van der Waals surface area contributed by atoms with Crippen LogP contribution >= 0.6 is 35.3 Å². The van der Waals surface area contributed by atoms with Crippen LogP contribution in [0.4, 0.5) is 4.79 Å². The lowest BCUT2D eigenvalue weighted by molar-refractivity contribution is -0.159. The lowest BCUT2D eigenvalue weighted by Crippen LogP contribution is -2.70. The molecule has 47 nitrogen and oxygen atoms in total. The number of carbonyl (C=O) groups excluding carboxylic acids is 13. The summed E-state index contributed by atoms with van der Waals surface area (Å²) in [6.07, 6.45) is -0.253. The average molecular weight is 1830 g/mol. The fourth-order valence-corrected chi connectivity index (χ4v) is 19.6. The van der Waals surface area contributed by atoms with E-state index in [1.807, 2.05) is 5.32 Å². The molecule has 0 aliphatic carbocycles. The number of carboxylic acids is 3. The molecule has 0 aromatic heterocycles. The van der Waals surface area contributed by atoms with Crippen molar-refractivity contribution < 1.29 is 136 Å². The molecule has 0 spiro atoms. The number of rotatable bonds is 25. The second-order valence-corrected chi connectivity index (χ2v) is 35.8. The SMILES string of the molecule is COc1cccc(OC)c1C(=O)N[C@@H]1C(=O)N2[C@@H]1SC(C)(C)[C@@H]2C(=O)O.COc1cccc(OC)c1C(=O)N[C@@H]1C(=O)N2[C@@H]1SC(C)(C)[C@@H]2C(=O)O.COc1cccc(OC)c1C(=O)N[C@@H]1C(=O)N2[C@@H]1SC(C)(C)[C@@H]2C(=O)O.NCCC[C@H](N)CC(=O)N[C@H]1CNC(=O)[C@H]([C@H]2C[C@H](O)NC(N)=N2)NC(=O)/C(=C/NC(N)=O)NC(=O)[C@H](CO)NC(=O)[C@H](CO)NC1=O. The van der Waals surface area contributed by atoms with E-state index in [1.165, 1.54) is 92.6 Å². The summed E-state index contributed by atoms with van der Waals surface area (Å²) in [4.78, 5) is 209. The largest absolute Gasteiger partial charge is 0.496 e. The number of nitrogens with zero attached hydrogens (tertiary/aromatic N) is 4. The first-order chi connectivity index (χ1) is 59.3. The predicted molar refractivity (Wildman–Crippen MR) is 447 cm³/mol. The van der Waals surface area contributed by atoms with Crippen LogP contribution in [0.15, 0.2) is 71.5 Å². The monoisotopic (exact) mass is 1830 g/mol. The molecule has 3 aromatic rings. The first-order valence-corrected chi connectivity index (χ1v) is 41.3. The Kier molecular flexibility index (Phi) is 33.1.